The summed E-state index contributed by atoms with van der Waals surface area (Å²) < 4.78 is 1.89. The molecule has 1 unspecified atom stereocenters. The fourth-order valence-corrected chi connectivity index (χ4v) is 3.85. The van der Waals surface area contributed by atoms with Gasteiger partial charge in [0.05, 0.1) is 17.4 Å². The molecule has 4 rings (SSSR count). The number of hydrogen-bond acceptors (Lipinski definition) is 4. The Labute approximate surface area is 171 Å². The zero-order chi connectivity index (χ0) is 20.5. The summed E-state index contributed by atoms with van der Waals surface area (Å²) in [6, 6.07) is 9.88. The molecule has 7 nitrogen and oxygen atoms in total. The van der Waals surface area contributed by atoms with Crippen LogP contribution in [0.15, 0.2) is 30.3 Å². The molecule has 0 bridgehead atoms. The van der Waals surface area contributed by atoms with Gasteiger partial charge in [0.1, 0.15) is 0 Å². The molecule has 2 fully saturated rings. The lowest BCUT2D eigenvalue weighted by Gasteiger charge is -2.37. The molecule has 1 N–H and O–H groups in total. The Balaban J connectivity index is 1.34. The number of hydrogen-bond donors (Lipinski definition) is 1. The third-order valence-electron chi connectivity index (χ3n) is 5.82. The van der Waals surface area contributed by atoms with Gasteiger partial charge >= 0.3 is 0 Å². The van der Waals surface area contributed by atoms with Gasteiger partial charge in [-0.15, -0.1) is 0 Å². The van der Waals surface area contributed by atoms with Gasteiger partial charge in [-0.3, -0.25) is 14.5 Å². The number of aryl methyl sites for hydroxylation is 2. The number of nitrogens with zero attached hydrogens (tertiary/aromatic N) is 4. The first-order chi connectivity index (χ1) is 13.9. The highest BCUT2D eigenvalue weighted by Crippen LogP contribution is 2.20. The van der Waals surface area contributed by atoms with Crippen molar-refractivity contribution < 1.29 is 9.59 Å². The van der Waals surface area contributed by atoms with Crippen molar-refractivity contribution in [2.75, 3.05) is 26.2 Å². The summed E-state index contributed by atoms with van der Waals surface area (Å²) in [5.74, 6) is 0.145. The Morgan fingerprint density at radius 2 is 1.72 bits per heavy atom. The van der Waals surface area contributed by atoms with Crippen LogP contribution in [0.2, 0.25) is 0 Å². The molecule has 7 heteroatoms. The minimum Gasteiger partial charge on any atom is -0.352 e. The first-order valence-corrected chi connectivity index (χ1v) is 10.4. The van der Waals surface area contributed by atoms with Gasteiger partial charge in [-0.25, -0.2) is 4.68 Å². The molecule has 1 aromatic carbocycles. The van der Waals surface area contributed by atoms with E-state index in [2.05, 4.69) is 15.3 Å². The highest BCUT2D eigenvalue weighted by atomic mass is 16.2. The molecule has 2 aliphatic rings. The van der Waals surface area contributed by atoms with Crippen molar-refractivity contribution in [2.45, 2.75) is 45.7 Å². The molecular weight excluding hydrogens is 366 g/mol. The van der Waals surface area contributed by atoms with Crippen LogP contribution >= 0.6 is 0 Å². The number of nitrogens with one attached hydrogen (secondary N) is 1. The summed E-state index contributed by atoms with van der Waals surface area (Å²) in [7, 11) is 0. The minimum atomic E-state index is -0.145. The summed E-state index contributed by atoms with van der Waals surface area (Å²) in [6.45, 7) is 8.65. The van der Waals surface area contributed by atoms with Crippen LogP contribution in [0, 0.1) is 13.8 Å². The monoisotopic (exact) mass is 395 g/mol. The van der Waals surface area contributed by atoms with Gasteiger partial charge in [-0.1, -0.05) is 0 Å². The van der Waals surface area contributed by atoms with E-state index in [4.69, 9.17) is 0 Å². The van der Waals surface area contributed by atoms with Gasteiger partial charge < -0.3 is 10.2 Å². The number of carbonyl (C=O) groups is 2. The fourth-order valence-electron chi connectivity index (χ4n) is 3.85. The molecule has 1 aliphatic carbocycles. The standard InChI is InChI=1S/C22H29N5O2/c1-15-14-16(2)27(24-15)20-8-4-18(5-9-20)22(29)26-12-10-25(11-13-26)17(3)21(28)23-19-6-7-19/h4-5,8-9,14,17,19H,6-7,10-13H2,1-3H3,(H,23,28). The van der Waals surface area contributed by atoms with Crippen LogP contribution in [-0.2, 0) is 4.79 Å². The lowest BCUT2D eigenvalue weighted by Crippen LogP contribution is -2.55. The number of benzene rings is 1. The second-order valence-electron chi connectivity index (χ2n) is 8.17. The molecule has 0 spiro atoms. The summed E-state index contributed by atoms with van der Waals surface area (Å²) in [5, 5.41) is 7.56. The van der Waals surface area contributed by atoms with Gasteiger partial charge in [-0.05, 0) is 63.9 Å². The molecule has 1 saturated heterocycles. The maximum absolute atomic E-state index is 12.9. The largest absolute Gasteiger partial charge is 0.352 e. The normalized spacial score (nSPS) is 18.5. The molecule has 2 amide bonds. The third-order valence-corrected chi connectivity index (χ3v) is 5.82. The third kappa shape index (κ3) is 4.34. The van der Waals surface area contributed by atoms with Crippen molar-refractivity contribution in [3.63, 3.8) is 0 Å². The van der Waals surface area contributed by atoms with Crippen molar-refractivity contribution in [2.24, 2.45) is 0 Å². The Hall–Kier alpha value is -2.67. The lowest BCUT2D eigenvalue weighted by atomic mass is 10.1. The first kappa shape index (κ1) is 19.6. The summed E-state index contributed by atoms with van der Waals surface area (Å²) in [5.41, 5.74) is 3.67. The molecule has 0 radical (unpaired) electrons. The van der Waals surface area contributed by atoms with Gasteiger partial charge in [0.15, 0.2) is 0 Å². The molecular formula is C22H29N5O2. The number of aromatic nitrogens is 2. The zero-order valence-electron chi connectivity index (χ0n) is 17.4. The quantitative estimate of drug-likeness (QED) is 0.840. The molecule has 29 heavy (non-hydrogen) atoms. The van der Waals surface area contributed by atoms with Crippen molar-refractivity contribution in [3.05, 3.63) is 47.3 Å². The van der Waals surface area contributed by atoms with E-state index >= 15 is 0 Å². The topological polar surface area (TPSA) is 70.5 Å². The molecule has 1 atom stereocenters. The zero-order valence-corrected chi connectivity index (χ0v) is 17.4. The van der Waals surface area contributed by atoms with Crippen LogP contribution in [0.1, 0.15) is 41.5 Å². The van der Waals surface area contributed by atoms with E-state index in [0.717, 1.165) is 43.0 Å². The molecule has 1 aliphatic heterocycles. The average Bonchev–Trinajstić information content (AvgIpc) is 3.48. The highest BCUT2D eigenvalue weighted by Gasteiger charge is 2.31. The van der Waals surface area contributed by atoms with E-state index in [1.165, 1.54) is 0 Å². The van der Waals surface area contributed by atoms with E-state index in [9.17, 15) is 9.59 Å². The number of piperazine rings is 1. The van der Waals surface area contributed by atoms with Gasteiger partial charge in [0.25, 0.3) is 5.91 Å². The van der Waals surface area contributed by atoms with E-state index in [1.54, 1.807) is 0 Å². The van der Waals surface area contributed by atoms with E-state index < -0.39 is 0 Å². The molecule has 1 aromatic heterocycles. The molecule has 154 valence electrons. The lowest BCUT2D eigenvalue weighted by molar-refractivity contribution is -0.126. The first-order valence-electron chi connectivity index (χ1n) is 10.4. The Bertz CT molecular complexity index is 892. The number of rotatable bonds is 5. The minimum absolute atomic E-state index is 0.0413. The van der Waals surface area contributed by atoms with Crippen molar-refractivity contribution in [3.8, 4) is 5.69 Å². The Kier molecular flexibility index (Phi) is 5.41. The van der Waals surface area contributed by atoms with E-state index in [-0.39, 0.29) is 17.9 Å². The Morgan fingerprint density at radius 3 is 2.28 bits per heavy atom. The molecule has 2 aromatic rings. The van der Waals surface area contributed by atoms with Crippen molar-refractivity contribution >= 4 is 11.8 Å². The summed E-state index contributed by atoms with van der Waals surface area (Å²) >= 11 is 0. The number of amides is 2. The van der Waals surface area contributed by atoms with Crippen molar-refractivity contribution in [1.29, 1.82) is 0 Å². The van der Waals surface area contributed by atoms with Gasteiger partial charge in [0, 0.05) is 43.5 Å². The van der Waals surface area contributed by atoms with Crippen LogP contribution in [-0.4, -0.2) is 69.7 Å². The van der Waals surface area contributed by atoms with Crippen LogP contribution < -0.4 is 5.32 Å². The second kappa shape index (κ2) is 7.99. The second-order valence-corrected chi connectivity index (χ2v) is 8.17. The van der Waals surface area contributed by atoms with E-state index in [0.29, 0.717) is 24.7 Å². The van der Waals surface area contributed by atoms with Crippen LogP contribution in [0.3, 0.4) is 0 Å². The fraction of sp³-hybridized carbons (Fsp3) is 0.500. The predicted molar refractivity (Wildman–Crippen MR) is 111 cm³/mol. The highest BCUT2D eigenvalue weighted by molar-refractivity contribution is 5.94. The SMILES string of the molecule is Cc1cc(C)n(-c2ccc(C(=O)N3CCN(C(C)C(=O)NC4CC4)CC3)cc2)n1. The maximum atomic E-state index is 12.9. The van der Waals surface area contributed by atoms with Crippen LogP contribution in [0.25, 0.3) is 5.69 Å². The van der Waals surface area contributed by atoms with Gasteiger partial charge in [-0.2, -0.15) is 5.10 Å². The molecule has 2 heterocycles. The van der Waals surface area contributed by atoms with Crippen molar-refractivity contribution in [1.82, 2.24) is 24.9 Å². The van der Waals surface area contributed by atoms with Crippen LogP contribution in [0.5, 0.6) is 0 Å². The summed E-state index contributed by atoms with van der Waals surface area (Å²) in [4.78, 5) is 29.2. The molecule has 1 saturated carbocycles. The average molecular weight is 396 g/mol. The smallest absolute Gasteiger partial charge is 0.253 e. The number of carbonyl (C=O) groups excluding carboxylic acids is 2. The Morgan fingerprint density at radius 1 is 1.07 bits per heavy atom. The van der Waals surface area contributed by atoms with Gasteiger partial charge in [0.2, 0.25) is 5.91 Å². The predicted octanol–water partition coefficient (Wildman–Crippen LogP) is 1.91. The van der Waals surface area contributed by atoms with Crippen LogP contribution in [0.4, 0.5) is 0 Å². The maximum Gasteiger partial charge on any atom is 0.253 e. The summed E-state index contributed by atoms with van der Waals surface area (Å²) in [6.07, 6.45) is 2.19. The van der Waals surface area contributed by atoms with E-state index in [1.807, 2.05) is 60.7 Å².